The summed E-state index contributed by atoms with van der Waals surface area (Å²) in [5.74, 6) is 0.146. The number of amides is 1. The second-order valence-electron chi connectivity index (χ2n) is 5.90. The van der Waals surface area contributed by atoms with E-state index in [1.54, 1.807) is 0 Å². The Morgan fingerprint density at radius 3 is 2.67 bits per heavy atom. The van der Waals surface area contributed by atoms with Crippen LogP contribution in [-0.2, 0) is 11.2 Å². The fraction of sp³-hybridized carbons (Fsp3) is 0.562. The Labute approximate surface area is 138 Å². The lowest BCUT2D eigenvalue weighted by atomic mass is 9.79. The molecule has 0 bridgehead atoms. The minimum absolute atomic E-state index is 0. The van der Waals surface area contributed by atoms with Crippen LogP contribution in [0.3, 0.4) is 0 Å². The molecule has 0 heterocycles. The van der Waals surface area contributed by atoms with Crippen LogP contribution in [0.1, 0.15) is 38.2 Å². The van der Waals surface area contributed by atoms with Crippen molar-refractivity contribution in [3.8, 4) is 0 Å². The number of hydrogen-bond donors (Lipinski definition) is 2. The molecular weight excluding hydrogens is 307 g/mol. The first-order valence-electron chi connectivity index (χ1n) is 7.31. The van der Waals surface area contributed by atoms with Crippen molar-refractivity contribution in [3.05, 3.63) is 34.9 Å². The topological polar surface area (TPSA) is 55.1 Å². The van der Waals surface area contributed by atoms with Crippen molar-refractivity contribution in [2.45, 2.75) is 45.1 Å². The van der Waals surface area contributed by atoms with Gasteiger partial charge in [-0.2, -0.15) is 0 Å². The van der Waals surface area contributed by atoms with Gasteiger partial charge in [0.15, 0.2) is 0 Å². The van der Waals surface area contributed by atoms with Gasteiger partial charge in [-0.15, -0.1) is 12.4 Å². The van der Waals surface area contributed by atoms with E-state index in [2.05, 4.69) is 5.32 Å². The van der Waals surface area contributed by atoms with Crippen LogP contribution in [-0.4, -0.2) is 18.5 Å². The van der Waals surface area contributed by atoms with Crippen molar-refractivity contribution in [2.75, 3.05) is 6.54 Å². The molecule has 0 unspecified atom stereocenters. The van der Waals surface area contributed by atoms with Gasteiger partial charge in [-0.25, -0.2) is 0 Å². The van der Waals surface area contributed by atoms with E-state index < -0.39 is 0 Å². The average molecular weight is 331 g/mol. The summed E-state index contributed by atoms with van der Waals surface area (Å²) in [6.07, 6.45) is 4.89. The van der Waals surface area contributed by atoms with Gasteiger partial charge in [0.05, 0.1) is 5.41 Å². The van der Waals surface area contributed by atoms with E-state index in [0.29, 0.717) is 6.54 Å². The quantitative estimate of drug-likeness (QED) is 0.869. The number of benzene rings is 1. The summed E-state index contributed by atoms with van der Waals surface area (Å²) in [6, 6.07) is 7.84. The highest BCUT2D eigenvalue weighted by molar-refractivity contribution is 6.30. The maximum Gasteiger partial charge on any atom is 0.226 e. The molecule has 0 aliphatic heterocycles. The molecule has 1 aliphatic rings. The van der Waals surface area contributed by atoms with Crippen LogP contribution in [0.5, 0.6) is 0 Å². The van der Waals surface area contributed by atoms with Crippen molar-refractivity contribution in [2.24, 2.45) is 11.1 Å². The maximum atomic E-state index is 12.6. The molecule has 1 amide bonds. The van der Waals surface area contributed by atoms with E-state index >= 15 is 0 Å². The zero-order valence-corrected chi connectivity index (χ0v) is 14.0. The van der Waals surface area contributed by atoms with E-state index in [0.717, 1.165) is 42.7 Å². The average Bonchev–Trinajstić information content (AvgIpc) is 2.88. The van der Waals surface area contributed by atoms with Gasteiger partial charge in [-0.05, 0) is 43.9 Å². The van der Waals surface area contributed by atoms with Crippen LogP contribution in [0, 0.1) is 5.41 Å². The van der Waals surface area contributed by atoms with Gasteiger partial charge in [0.1, 0.15) is 0 Å². The molecule has 0 radical (unpaired) electrons. The van der Waals surface area contributed by atoms with Crippen molar-refractivity contribution in [3.63, 3.8) is 0 Å². The summed E-state index contributed by atoms with van der Waals surface area (Å²) in [5.41, 5.74) is 6.45. The lowest BCUT2D eigenvalue weighted by molar-refractivity contribution is -0.131. The second kappa shape index (κ2) is 8.02. The Kier molecular flexibility index (Phi) is 6.98. The second-order valence-corrected chi connectivity index (χ2v) is 6.34. The summed E-state index contributed by atoms with van der Waals surface area (Å²) in [5, 5.41) is 3.78. The Morgan fingerprint density at radius 1 is 1.43 bits per heavy atom. The Bertz CT molecular complexity index is 473. The number of hydrogen-bond acceptors (Lipinski definition) is 2. The van der Waals surface area contributed by atoms with E-state index in [1.807, 2.05) is 31.2 Å². The summed E-state index contributed by atoms with van der Waals surface area (Å²) >= 11 is 6.04. The first kappa shape index (κ1) is 18.3. The molecule has 1 aromatic rings. The zero-order chi connectivity index (χ0) is 14.6. The largest absolute Gasteiger partial charge is 0.352 e. The van der Waals surface area contributed by atoms with E-state index in [9.17, 15) is 4.79 Å². The van der Waals surface area contributed by atoms with Crippen LogP contribution in [0.25, 0.3) is 0 Å². The molecule has 0 spiro atoms. The Hall–Kier alpha value is -0.770. The molecule has 2 rings (SSSR count). The molecule has 118 valence electrons. The summed E-state index contributed by atoms with van der Waals surface area (Å²) < 4.78 is 0. The Morgan fingerprint density at radius 2 is 2.10 bits per heavy atom. The van der Waals surface area contributed by atoms with Crippen LogP contribution >= 0.6 is 24.0 Å². The number of rotatable bonds is 5. The predicted octanol–water partition coefficient (Wildman–Crippen LogP) is 3.33. The van der Waals surface area contributed by atoms with E-state index in [1.165, 1.54) is 0 Å². The molecule has 3 N–H and O–H groups in total. The first-order chi connectivity index (χ1) is 9.55. The first-order valence-corrected chi connectivity index (χ1v) is 7.69. The lowest BCUT2D eigenvalue weighted by Gasteiger charge is -2.29. The van der Waals surface area contributed by atoms with E-state index in [4.69, 9.17) is 17.3 Å². The number of halogens is 2. The zero-order valence-electron chi connectivity index (χ0n) is 12.4. The smallest absolute Gasteiger partial charge is 0.226 e. The highest BCUT2D eigenvalue weighted by Crippen LogP contribution is 2.41. The lowest BCUT2D eigenvalue weighted by Crippen LogP contribution is -2.46. The Balaban J connectivity index is 0.00000220. The molecular formula is C16H24Cl2N2O. The molecule has 1 aliphatic carbocycles. The minimum Gasteiger partial charge on any atom is -0.352 e. The fourth-order valence-electron chi connectivity index (χ4n) is 3.01. The SMILES string of the molecule is C[C@@H](CN)NC(=O)C1(Cc2cccc(Cl)c2)CCCC1.Cl. The standard InChI is InChI=1S/C16H23ClN2O.ClH/c1-12(11-18)19-15(20)16(7-2-3-8-16)10-13-5-4-6-14(17)9-13;/h4-6,9,12H,2-3,7-8,10-11,18H2,1H3,(H,19,20);1H/t12-;/m0./s1. The molecule has 1 saturated carbocycles. The number of carbonyl (C=O) groups is 1. The molecule has 5 heteroatoms. The van der Waals surface area contributed by atoms with Crippen LogP contribution in [0.2, 0.25) is 5.02 Å². The fourth-order valence-corrected chi connectivity index (χ4v) is 3.22. The molecule has 1 atom stereocenters. The van der Waals surface area contributed by atoms with Crippen molar-refractivity contribution in [1.82, 2.24) is 5.32 Å². The van der Waals surface area contributed by atoms with Gasteiger partial charge >= 0.3 is 0 Å². The van der Waals surface area contributed by atoms with Gasteiger partial charge in [0.2, 0.25) is 5.91 Å². The summed E-state index contributed by atoms with van der Waals surface area (Å²) in [4.78, 5) is 12.6. The van der Waals surface area contributed by atoms with Gasteiger partial charge < -0.3 is 11.1 Å². The van der Waals surface area contributed by atoms with Gasteiger partial charge in [0.25, 0.3) is 0 Å². The third-order valence-corrected chi connectivity index (χ3v) is 4.44. The maximum absolute atomic E-state index is 12.6. The summed E-state index contributed by atoms with van der Waals surface area (Å²) in [6.45, 7) is 2.42. The summed E-state index contributed by atoms with van der Waals surface area (Å²) in [7, 11) is 0. The highest BCUT2D eigenvalue weighted by atomic mass is 35.5. The normalized spacial score (nSPS) is 17.9. The minimum atomic E-state index is -0.284. The molecule has 1 aromatic carbocycles. The van der Waals surface area contributed by atoms with Gasteiger partial charge in [0, 0.05) is 17.6 Å². The van der Waals surface area contributed by atoms with Crippen LogP contribution < -0.4 is 11.1 Å². The third kappa shape index (κ3) is 4.60. The van der Waals surface area contributed by atoms with Crippen LogP contribution in [0.4, 0.5) is 0 Å². The predicted molar refractivity (Wildman–Crippen MR) is 90.0 cm³/mol. The number of nitrogens with two attached hydrogens (primary N) is 1. The molecule has 3 nitrogen and oxygen atoms in total. The third-order valence-electron chi connectivity index (χ3n) is 4.20. The van der Waals surface area contributed by atoms with Crippen molar-refractivity contribution in [1.29, 1.82) is 0 Å². The monoisotopic (exact) mass is 330 g/mol. The van der Waals surface area contributed by atoms with Crippen molar-refractivity contribution < 1.29 is 4.79 Å². The molecule has 21 heavy (non-hydrogen) atoms. The van der Waals surface area contributed by atoms with Crippen molar-refractivity contribution >= 4 is 29.9 Å². The van der Waals surface area contributed by atoms with Gasteiger partial charge in [-0.3, -0.25) is 4.79 Å². The number of carbonyl (C=O) groups excluding carboxylic acids is 1. The highest BCUT2D eigenvalue weighted by Gasteiger charge is 2.41. The molecule has 0 saturated heterocycles. The molecule has 1 fully saturated rings. The van der Waals surface area contributed by atoms with Crippen LogP contribution in [0.15, 0.2) is 24.3 Å². The van der Waals surface area contributed by atoms with Gasteiger partial charge in [-0.1, -0.05) is 36.6 Å². The molecule has 0 aromatic heterocycles. The van der Waals surface area contributed by atoms with E-state index in [-0.39, 0.29) is 29.8 Å². The number of nitrogens with one attached hydrogen (secondary N) is 1.